The molecule has 0 saturated carbocycles. The first-order valence-corrected chi connectivity index (χ1v) is 10.5. The molecule has 0 unspecified atom stereocenters. The van der Waals surface area contributed by atoms with Gasteiger partial charge in [0.25, 0.3) is 5.91 Å². The molecule has 0 aliphatic carbocycles. The van der Waals surface area contributed by atoms with Crippen LogP contribution in [0.3, 0.4) is 0 Å². The monoisotopic (exact) mass is 399 g/mol. The Hall–Kier alpha value is -0.810. The SMILES string of the molecule is CCSc1ccccc1C(=O)NCCSCc1c(Cl)cccc1Cl. The number of nitrogens with one attached hydrogen (secondary N) is 1. The fourth-order valence-corrected chi connectivity index (χ4v) is 4.51. The van der Waals surface area contributed by atoms with E-state index in [0.29, 0.717) is 16.6 Å². The molecule has 0 heterocycles. The van der Waals surface area contributed by atoms with Gasteiger partial charge in [-0.2, -0.15) is 11.8 Å². The number of halogens is 2. The highest BCUT2D eigenvalue weighted by Crippen LogP contribution is 2.28. The van der Waals surface area contributed by atoms with Gasteiger partial charge in [-0.3, -0.25) is 4.79 Å². The largest absolute Gasteiger partial charge is 0.351 e. The molecule has 1 N–H and O–H groups in total. The van der Waals surface area contributed by atoms with Crippen LogP contribution in [-0.2, 0) is 5.75 Å². The van der Waals surface area contributed by atoms with E-state index in [9.17, 15) is 4.79 Å². The van der Waals surface area contributed by atoms with Crippen LogP contribution in [-0.4, -0.2) is 24.0 Å². The molecule has 1 amide bonds. The molecular formula is C18H19Cl2NOS2. The van der Waals surface area contributed by atoms with Crippen molar-refractivity contribution in [3.05, 3.63) is 63.6 Å². The lowest BCUT2D eigenvalue weighted by atomic mass is 10.2. The zero-order valence-electron chi connectivity index (χ0n) is 13.4. The van der Waals surface area contributed by atoms with E-state index in [4.69, 9.17) is 23.2 Å². The van der Waals surface area contributed by atoms with Crippen LogP contribution < -0.4 is 5.32 Å². The van der Waals surface area contributed by atoms with Crippen molar-refractivity contribution in [3.63, 3.8) is 0 Å². The van der Waals surface area contributed by atoms with E-state index < -0.39 is 0 Å². The van der Waals surface area contributed by atoms with Gasteiger partial charge in [-0.25, -0.2) is 0 Å². The molecule has 2 nitrogen and oxygen atoms in total. The van der Waals surface area contributed by atoms with E-state index in [1.165, 1.54) is 0 Å². The minimum atomic E-state index is -0.0251. The van der Waals surface area contributed by atoms with Crippen LogP contribution in [0.15, 0.2) is 47.4 Å². The lowest BCUT2D eigenvalue weighted by molar-refractivity contribution is 0.0953. The Bertz CT molecular complexity index is 674. The number of hydrogen-bond donors (Lipinski definition) is 1. The molecule has 0 bridgehead atoms. The van der Waals surface area contributed by atoms with Crippen LogP contribution >= 0.6 is 46.7 Å². The first-order chi connectivity index (χ1) is 11.6. The Labute approximate surface area is 161 Å². The van der Waals surface area contributed by atoms with E-state index in [-0.39, 0.29) is 5.91 Å². The molecule has 0 aromatic heterocycles. The predicted molar refractivity (Wildman–Crippen MR) is 108 cm³/mol. The number of amides is 1. The summed E-state index contributed by atoms with van der Waals surface area (Å²) in [6, 6.07) is 13.2. The molecule has 0 saturated heterocycles. The first-order valence-electron chi connectivity index (χ1n) is 7.64. The fourth-order valence-electron chi connectivity index (χ4n) is 2.11. The Morgan fingerprint density at radius 1 is 1.08 bits per heavy atom. The molecule has 24 heavy (non-hydrogen) atoms. The van der Waals surface area contributed by atoms with Gasteiger partial charge in [-0.1, -0.05) is 48.3 Å². The van der Waals surface area contributed by atoms with Gasteiger partial charge in [0, 0.05) is 33.0 Å². The second-order valence-electron chi connectivity index (χ2n) is 4.94. The molecule has 128 valence electrons. The molecule has 0 aliphatic heterocycles. The van der Waals surface area contributed by atoms with Crippen molar-refractivity contribution in [1.29, 1.82) is 0 Å². The van der Waals surface area contributed by atoms with Gasteiger partial charge in [-0.15, -0.1) is 11.8 Å². The number of carbonyl (C=O) groups excluding carboxylic acids is 1. The molecule has 2 aromatic rings. The summed E-state index contributed by atoms with van der Waals surface area (Å²) >= 11 is 15.7. The molecule has 2 rings (SSSR count). The highest BCUT2D eigenvalue weighted by atomic mass is 35.5. The van der Waals surface area contributed by atoms with Crippen molar-refractivity contribution in [2.24, 2.45) is 0 Å². The minimum Gasteiger partial charge on any atom is -0.351 e. The van der Waals surface area contributed by atoms with Crippen molar-refractivity contribution in [1.82, 2.24) is 5.32 Å². The van der Waals surface area contributed by atoms with Gasteiger partial charge < -0.3 is 5.32 Å². The molecule has 0 atom stereocenters. The smallest absolute Gasteiger partial charge is 0.252 e. The number of benzene rings is 2. The number of hydrogen-bond acceptors (Lipinski definition) is 3. The normalized spacial score (nSPS) is 10.6. The average Bonchev–Trinajstić information content (AvgIpc) is 2.57. The Morgan fingerprint density at radius 3 is 2.50 bits per heavy atom. The zero-order valence-corrected chi connectivity index (χ0v) is 16.5. The molecular weight excluding hydrogens is 381 g/mol. The summed E-state index contributed by atoms with van der Waals surface area (Å²) in [7, 11) is 0. The van der Waals surface area contributed by atoms with Crippen molar-refractivity contribution in [2.75, 3.05) is 18.1 Å². The average molecular weight is 400 g/mol. The second-order valence-corrected chi connectivity index (χ2v) is 8.16. The van der Waals surface area contributed by atoms with Gasteiger partial charge in [0.2, 0.25) is 0 Å². The second kappa shape index (κ2) is 10.2. The van der Waals surface area contributed by atoms with E-state index in [1.807, 2.05) is 42.5 Å². The van der Waals surface area contributed by atoms with Crippen molar-refractivity contribution in [3.8, 4) is 0 Å². The summed E-state index contributed by atoms with van der Waals surface area (Å²) in [6.07, 6.45) is 0. The Balaban J connectivity index is 1.79. The molecule has 6 heteroatoms. The van der Waals surface area contributed by atoms with Gasteiger partial charge >= 0.3 is 0 Å². The summed E-state index contributed by atoms with van der Waals surface area (Å²) < 4.78 is 0. The molecule has 0 spiro atoms. The van der Waals surface area contributed by atoms with Crippen molar-refractivity contribution < 1.29 is 4.79 Å². The van der Waals surface area contributed by atoms with Gasteiger partial charge in [0.1, 0.15) is 0 Å². The standard InChI is InChI=1S/C18H19Cl2NOS2/c1-2-24-17-9-4-3-6-13(17)18(22)21-10-11-23-12-14-15(19)7-5-8-16(14)20/h3-9H,2,10-12H2,1H3,(H,21,22). The minimum absolute atomic E-state index is 0.0251. The predicted octanol–water partition coefficient (Wildman–Crippen LogP) is 5.77. The summed E-state index contributed by atoms with van der Waals surface area (Å²) in [5.41, 5.74) is 1.69. The molecule has 0 radical (unpaired) electrons. The van der Waals surface area contributed by atoms with E-state index >= 15 is 0 Å². The number of carbonyl (C=O) groups is 1. The van der Waals surface area contributed by atoms with Crippen LogP contribution in [0.1, 0.15) is 22.8 Å². The maximum atomic E-state index is 12.3. The Morgan fingerprint density at radius 2 is 1.79 bits per heavy atom. The van der Waals surface area contributed by atoms with Crippen LogP contribution in [0, 0.1) is 0 Å². The molecule has 0 aliphatic rings. The summed E-state index contributed by atoms with van der Waals surface area (Å²) in [5.74, 6) is 2.45. The maximum absolute atomic E-state index is 12.3. The first kappa shape index (κ1) is 19.5. The third-order valence-corrected chi connectivity index (χ3v) is 5.92. The number of thioether (sulfide) groups is 2. The maximum Gasteiger partial charge on any atom is 0.252 e. The molecule has 0 fully saturated rings. The quantitative estimate of drug-likeness (QED) is 0.451. The van der Waals surface area contributed by atoms with Gasteiger partial charge in [0.15, 0.2) is 0 Å². The number of rotatable bonds is 8. The van der Waals surface area contributed by atoms with E-state index in [0.717, 1.165) is 33.3 Å². The summed E-state index contributed by atoms with van der Waals surface area (Å²) in [5, 5.41) is 4.34. The summed E-state index contributed by atoms with van der Waals surface area (Å²) in [4.78, 5) is 13.3. The van der Waals surface area contributed by atoms with Crippen LogP contribution in [0.25, 0.3) is 0 Å². The van der Waals surface area contributed by atoms with E-state index in [1.54, 1.807) is 23.5 Å². The fraction of sp³-hybridized carbons (Fsp3) is 0.278. The third kappa shape index (κ3) is 5.62. The topological polar surface area (TPSA) is 29.1 Å². The van der Waals surface area contributed by atoms with Crippen molar-refractivity contribution in [2.45, 2.75) is 17.6 Å². The zero-order chi connectivity index (χ0) is 17.4. The van der Waals surface area contributed by atoms with Gasteiger partial charge in [-0.05, 0) is 35.6 Å². The van der Waals surface area contributed by atoms with Crippen LogP contribution in [0.5, 0.6) is 0 Å². The molecule has 2 aromatic carbocycles. The summed E-state index contributed by atoms with van der Waals surface area (Å²) in [6.45, 7) is 2.69. The third-order valence-electron chi connectivity index (χ3n) is 3.27. The van der Waals surface area contributed by atoms with E-state index in [2.05, 4.69) is 12.2 Å². The lowest BCUT2D eigenvalue weighted by Crippen LogP contribution is -2.26. The van der Waals surface area contributed by atoms with Crippen molar-refractivity contribution >= 4 is 52.6 Å². The Kier molecular flexibility index (Phi) is 8.33. The van der Waals surface area contributed by atoms with Gasteiger partial charge in [0.05, 0.1) is 5.56 Å². The highest BCUT2D eigenvalue weighted by molar-refractivity contribution is 7.99. The lowest BCUT2D eigenvalue weighted by Gasteiger charge is -2.10. The highest BCUT2D eigenvalue weighted by Gasteiger charge is 2.10. The van der Waals surface area contributed by atoms with Crippen LogP contribution in [0.4, 0.5) is 0 Å². The van der Waals surface area contributed by atoms with Crippen LogP contribution in [0.2, 0.25) is 10.0 Å².